The van der Waals surface area contributed by atoms with E-state index < -0.39 is 0 Å². The summed E-state index contributed by atoms with van der Waals surface area (Å²) < 4.78 is 0.891. The highest BCUT2D eigenvalue weighted by atomic mass is 16.5. The number of rotatable bonds is 2. The van der Waals surface area contributed by atoms with Crippen molar-refractivity contribution in [2.45, 2.75) is 0 Å². The summed E-state index contributed by atoms with van der Waals surface area (Å²) in [7, 11) is 1.88. The molecular weight excluding hydrogens is 216 g/mol. The van der Waals surface area contributed by atoms with E-state index in [2.05, 4.69) is 12.0 Å². The van der Waals surface area contributed by atoms with E-state index in [0.29, 0.717) is 5.69 Å². The fourth-order valence-corrected chi connectivity index (χ4v) is 1.74. The van der Waals surface area contributed by atoms with Crippen LogP contribution in [-0.4, -0.2) is 30.5 Å². The lowest BCUT2D eigenvalue weighted by molar-refractivity contribution is -0.705. The number of fused-ring (bicyclic) bond motifs is 1. The van der Waals surface area contributed by atoms with E-state index in [0.717, 1.165) is 21.2 Å². The van der Waals surface area contributed by atoms with E-state index in [1.807, 2.05) is 50.2 Å². The summed E-state index contributed by atoms with van der Waals surface area (Å²) in [5.41, 5.74) is 1.74. The smallest absolute Gasteiger partial charge is 0.264 e. The Balaban J connectivity index is 0.000000686. The Bertz CT molecular complexity index is 538. The van der Waals surface area contributed by atoms with Crippen molar-refractivity contribution >= 4 is 35.7 Å². The predicted octanol–water partition coefficient (Wildman–Crippen LogP) is 2.43. The topological polar surface area (TPSA) is 52.3 Å². The summed E-state index contributed by atoms with van der Waals surface area (Å²) >= 11 is 0. The fourth-order valence-electron chi connectivity index (χ4n) is 1.74. The molecule has 0 unspecified atom stereocenters. The van der Waals surface area contributed by atoms with Gasteiger partial charge in [0.15, 0.2) is 6.72 Å². The largest absolute Gasteiger partial charge is 0.388 e. The van der Waals surface area contributed by atoms with Crippen LogP contribution < -0.4 is 5.32 Å². The molecule has 2 aromatic rings. The molecule has 2 aromatic carbocycles. The lowest BCUT2D eigenvalue weighted by Crippen LogP contribution is -1.96. The van der Waals surface area contributed by atoms with Gasteiger partial charge in [0.05, 0.1) is 5.39 Å². The molecule has 0 aromatic heterocycles. The van der Waals surface area contributed by atoms with E-state index >= 15 is 0 Å². The van der Waals surface area contributed by atoms with Gasteiger partial charge in [-0.15, -0.1) is 0 Å². The van der Waals surface area contributed by atoms with Crippen LogP contribution in [-0.2, 0) is 4.79 Å². The maximum atomic E-state index is 9.39. The molecule has 0 amide bonds. The first-order valence-electron chi connectivity index (χ1n) is 5.02. The first-order valence-corrected chi connectivity index (χ1v) is 5.02. The summed E-state index contributed by atoms with van der Waals surface area (Å²) in [4.78, 5) is 8.00. The monoisotopic (exact) mass is 231 g/mol. The van der Waals surface area contributed by atoms with Crippen LogP contribution in [0.1, 0.15) is 0 Å². The third-order valence-electron chi connectivity index (χ3n) is 2.45. The lowest BCUT2D eigenvalue weighted by atomic mass is 10.1. The molecular formula is C13H15N2O2+. The number of benzene rings is 2. The number of nitrogens with zero attached hydrogens (tertiary/aromatic N) is 1. The Labute approximate surface area is 99.8 Å². The zero-order chi connectivity index (χ0) is 12.8. The van der Waals surface area contributed by atoms with Gasteiger partial charge in [0.2, 0.25) is 0 Å². The van der Waals surface area contributed by atoms with Crippen LogP contribution in [0.3, 0.4) is 0 Å². The van der Waals surface area contributed by atoms with Gasteiger partial charge in [0.1, 0.15) is 6.79 Å². The third kappa shape index (κ3) is 2.42. The Hall–Kier alpha value is -2.36. The van der Waals surface area contributed by atoms with Crippen molar-refractivity contribution in [3.05, 3.63) is 36.4 Å². The number of nitrogens with one attached hydrogen (secondary N) is 1. The molecule has 0 fully saturated rings. The van der Waals surface area contributed by atoms with Crippen LogP contribution >= 0.6 is 0 Å². The van der Waals surface area contributed by atoms with Crippen LogP contribution in [0.4, 0.5) is 11.4 Å². The Morgan fingerprint density at radius 2 is 1.71 bits per heavy atom. The number of anilines is 1. The number of carbonyl (C=O) groups excluding carboxylic acids is 1. The van der Waals surface area contributed by atoms with Gasteiger partial charge >= 0.3 is 0 Å². The molecule has 0 saturated carbocycles. The maximum Gasteiger partial charge on any atom is 0.264 e. The van der Waals surface area contributed by atoms with E-state index in [9.17, 15) is 5.21 Å². The number of hydrogen-bond acceptors (Lipinski definition) is 3. The SMILES string of the molecule is C=O.C=[N+](O)c1cccc2c(NC)cccc12. The Morgan fingerprint density at radius 1 is 1.12 bits per heavy atom. The van der Waals surface area contributed by atoms with Crippen LogP contribution in [0.2, 0.25) is 0 Å². The summed E-state index contributed by atoms with van der Waals surface area (Å²) in [5, 5.41) is 14.5. The second-order valence-corrected chi connectivity index (χ2v) is 3.33. The molecule has 2 rings (SSSR count). The highest BCUT2D eigenvalue weighted by Crippen LogP contribution is 2.29. The van der Waals surface area contributed by atoms with Crippen molar-refractivity contribution < 1.29 is 14.7 Å². The zero-order valence-corrected chi connectivity index (χ0v) is 9.68. The average Bonchev–Trinajstić information content (AvgIpc) is 2.39. The van der Waals surface area contributed by atoms with E-state index in [-0.39, 0.29) is 0 Å². The standard InChI is InChI=1S/C12H13N2O.CH2O/c1-13-11-7-3-6-10-9(11)5-4-8-12(10)14(2)15;1-2/h3-8,13,15H,2H2,1H3;1H2/q+1;. The molecule has 17 heavy (non-hydrogen) atoms. The number of hydrogen-bond donors (Lipinski definition) is 2. The molecule has 0 aliphatic rings. The molecule has 88 valence electrons. The molecule has 0 bridgehead atoms. The molecule has 0 radical (unpaired) electrons. The van der Waals surface area contributed by atoms with Gasteiger partial charge in [-0.2, -0.15) is 0 Å². The number of carbonyl (C=O) groups is 1. The third-order valence-corrected chi connectivity index (χ3v) is 2.45. The van der Waals surface area contributed by atoms with Gasteiger partial charge < -0.3 is 10.1 Å². The molecule has 4 heteroatoms. The van der Waals surface area contributed by atoms with E-state index in [1.54, 1.807) is 0 Å². The lowest BCUT2D eigenvalue weighted by Gasteiger charge is -2.05. The molecule has 0 atom stereocenters. The molecule has 0 spiro atoms. The van der Waals surface area contributed by atoms with Crippen molar-refractivity contribution in [1.29, 1.82) is 0 Å². The highest BCUT2D eigenvalue weighted by molar-refractivity contribution is 5.99. The molecule has 0 aliphatic carbocycles. The van der Waals surface area contributed by atoms with Crippen molar-refractivity contribution in [1.82, 2.24) is 0 Å². The molecule has 0 saturated heterocycles. The van der Waals surface area contributed by atoms with Crippen molar-refractivity contribution in [2.75, 3.05) is 12.4 Å². The average molecular weight is 231 g/mol. The molecule has 0 aliphatic heterocycles. The van der Waals surface area contributed by atoms with Gasteiger partial charge in [0.25, 0.3) is 5.69 Å². The van der Waals surface area contributed by atoms with Crippen molar-refractivity contribution in [3.63, 3.8) is 0 Å². The predicted molar refractivity (Wildman–Crippen MR) is 69.4 cm³/mol. The van der Waals surface area contributed by atoms with Crippen LogP contribution in [0.25, 0.3) is 10.8 Å². The second kappa shape index (κ2) is 5.65. The molecule has 2 N–H and O–H groups in total. The van der Waals surface area contributed by atoms with E-state index in [4.69, 9.17) is 4.79 Å². The zero-order valence-electron chi connectivity index (χ0n) is 9.68. The molecule has 4 nitrogen and oxygen atoms in total. The minimum atomic E-state index is 0.699. The van der Waals surface area contributed by atoms with Gasteiger partial charge in [0, 0.05) is 28.9 Å². The van der Waals surface area contributed by atoms with Gasteiger partial charge in [-0.05, 0) is 12.1 Å². The fraction of sp³-hybridized carbons (Fsp3) is 0.0769. The molecule has 0 heterocycles. The maximum absolute atomic E-state index is 9.39. The minimum absolute atomic E-state index is 0.699. The van der Waals surface area contributed by atoms with Gasteiger partial charge in [-0.25, -0.2) is 0 Å². The summed E-state index contributed by atoms with van der Waals surface area (Å²) in [6.07, 6.45) is 0. The summed E-state index contributed by atoms with van der Waals surface area (Å²) in [6.45, 7) is 5.48. The quantitative estimate of drug-likeness (QED) is 0.361. The van der Waals surface area contributed by atoms with Crippen molar-refractivity contribution in [3.8, 4) is 0 Å². The second-order valence-electron chi connectivity index (χ2n) is 3.33. The van der Waals surface area contributed by atoms with Gasteiger partial charge in [-0.3, -0.25) is 5.21 Å². The summed E-state index contributed by atoms with van der Waals surface area (Å²) in [6, 6.07) is 11.6. The summed E-state index contributed by atoms with van der Waals surface area (Å²) in [5.74, 6) is 0. The van der Waals surface area contributed by atoms with E-state index in [1.165, 1.54) is 0 Å². The first-order chi connectivity index (χ1) is 8.24. The van der Waals surface area contributed by atoms with Crippen LogP contribution in [0.5, 0.6) is 0 Å². The van der Waals surface area contributed by atoms with Crippen LogP contribution in [0.15, 0.2) is 36.4 Å². The highest BCUT2D eigenvalue weighted by Gasteiger charge is 2.11. The van der Waals surface area contributed by atoms with Crippen LogP contribution in [0, 0.1) is 0 Å². The first kappa shape index (κ1) is 12.7. The van der Waals surface area contributed by atoms with Crippen molar-refractivity contribution in [2.24, 2.45) is 0 Å². The minimum Gasteiger partial charge on any atom is -0.388 e. The Kier molecular flexibility index (Phi) is 4.22. The normalized spacial score (nSPS) is 9.24. The Morgan fingerprint density at radius 3 is 2.29 bits per heavy atom. The van der Waals surface area contributed by atoms with Gasteiger partial charge in [-0.1, -0.05) is 18.2 Å².